The molecule has 120 valence electrons. The van der Waals surface area contributed by atoms with Crippen molar-refractivity contribution in [2.24, 2.45) is 5.92 Å². The van der Waals surface area contributed by atoms with Crippen LogP contribution in [-0.4, -0.2) is 28.6 Å². The molecule has 1 aliphatic carbocycles. The first kappa shape index (κ1) is 16.4. The molecular weight excluding hydrogens is 284 g/mol. The van der Waals surface area contributed by atoms with Crippen molar-refractivity contribution in [2.75, 3.05) is 6.54 Å². The number of nitro groups is 1. The molecule has 1 aromatic carbocycles. The third kappa shape index (κ3) is 4.53. The van der Waals surface area contributed by atoms with E-state index in [4.69, 9.17) is 5.11 Å². The molecule has 2 N–H and O–H groups in total. The Morgan fingerprint density at radius 1 is 1.36 bits per heavy atom. The standard InChI is InChI=1S/C16H22N2O4/c19-16(20)9-4-10-17-14-7-3-6-12(14)11-13-5-1-2-8-15(13)18(21)22/h1-2,5,8,12,14,17H,3-4,6-7,9-11H2,(H,19,20). The Morgan fingerprint density at radius 2 is 2.14 bits per heavy atom. The summed E-state index contributed by atoms with van der Waals surface area (Å²) in [4.78, 5) is 21.3. The van der Waals surface area contributed by atoms with Crippen molar-refractivity contribution in [3.05, 3.63) is 39.9 Å². The number of nitrogens with one attached hydrogen (secondary N) is 1. The number of hydrogen-bond donors (Lipinski definition) is 2. The maximum absolute atomic E-state index is 11.1. The van der Waals surface area contributed by atoms with Crippen molar-refractivity contribution in [2.45, 2.75) is 44.6 Å². The zero-order valence-corrected chi connectivity index (χ0v) is 12.5. The molecule has 0 bridgehead atoms. The van der Waals surface area contributed by atoms with Crippen molar-refractivity contribution in [3.63, 3.8) is 0 Å². The summed E-state index contributed by atoms with van der Waals surface area (Å²) in [5.74, 6) is -0.393. The molecule has 2 unspecified atom stereocenters. The summed E-state index contributed by atoms with van der Waals surface area (Å²) in [6.07, 6.45) is 4.72. The molecule has 0 spiro atoms. The maximum atomic E-state index is 11.1. The van der Waals surface area contributed by atoms with Gasteiger partial charge in [-0.1, -0.05) is 24.6 Å². The molecule has 1 aliphatic rings. The monoisotopic (exact) mass is 306 g/mol. The first-order valence-corrected chi connectivity index (χ1v) is 7.75. The van der Waals surface area contributed by atoms with E-state index in [2.05, 4.69) is 5.32 Å². The van der Waals surface area contributed by atoms with Crippen molar-refractivity contribution < 1.29 is 14.8 Å². The third-order valence-corrected chi connectivity index (χ3v) is 4.30. The third-order valence-electron chi connectivity index (χ3n) is 4.30. The molecule has 0 aliphatic heterocycles. The van der Waals surface area contributed by atoms with Gasteiger partial charge in [0, 0.05) is 24.1 Å². The van der Waals surface area contributed by atoms with E-state index in [1.807, 2.05) is 12.1 Å². The van der Waals surface area contributed by atoms with Gasteiger partial charge in [0.05, 0.1) is 4.92 Å². The molecule has 2 atom stereocenters. The van der Waals surface area contributed by atoms with Gasteiger partial charge in [-0.05, 0) is 38.1 Å². The fourth-order valence-corrected chi connectivity index (χ4v) is 3.22. The summed E-state index contributed by atoms with van der Waals surface area (Å²) in [5.41, 5.74) is 0.982. The highest BCUT2D eigenvalue weighted by Gasteiger charge is 2.28. The van der Waals surface area contributed by atoms with Crippen LogP contribution in [0.2, 0.25) is 0 Å². The lowest BCUT2D eigenvalue weighted by Crippen LogP contribution is -2.34. The van der Waals surface area contributed by atoms with Crippen molar-refractivity contribution in [1.82, 2.24) is 5.32 Å². The van der Waals surface area contributed by atoms with E-state index in [1.54, 1.807) is 12.1 Å². The van der Waals surface area contributed by atoms with Crippen LogP contribution in [0.1, 0.15) is 37.7 Å². The van der Waals surface area contributed by atoms with Gasteiger partial charge in [-0.15, -0.1) is 0 Å². The van der Waals surface area contributed by atoms with Gasteiger partial charge >= 0.3 is 5.97 Å². The quantitative estimate of drug-likeness (QED) is 0.437. The average molecular weight is 306 g/mol. The van der Waals surface area contributed by atoms with Gasteiger partial charge < -0.3 is 10.4 Å². The Bertz CT molecular complexity index is 533. The van der Waals surface area contributed by atoms with Gasteiger partial charge in [-0.25, -0.2) is 0 Å². The smallest absolute Gasteiger partial charge is 0.303 e. The predicted octanol–water partition coefficient (Wildman–Crippen LogP) is 2.76. The molecule has 0 heterocycles. The summed E-state index contributed by atoms with van der Waals surface area (Å²) in [5, 5.41) is 23.2. The van der Waals surface area contributed by atoms with Crippen molar-refractivity contribution >= 4 is 11.7 Å². The summed E-state index contributed by atoms with van der Waals surface area (Å²) in [7, 11) is 0. The number of nitrogens with zero attached hydrogens (tertiary/aromatic N) is 1. The number of nitro benzene ring substituents is 1. The number of carboxylic acid groups (broad SMARTS) is 1. The minimum Gasteiger partial charge on any atom is -0.481 e. The largest absolute Gasteiger partial charge is 0.481 e. The number of para-hydroxylation sites is 1. The van der Waals surface area contributed by atoms with Gasteiger partial charge in [0.15, 0.2) is 0 Å². The second-order valence-corrected chi connectivity index (χ2v) is 5.84. The Morgan fingerprint density at radius 3 is 2.86 bits per heavy atom. The van der Waals surface area contributed by atoms with E-state index in [9.17, 15) is 14.9 Å². The van der Waals surface area contributed by atoms with Crippen LogP contribution in [0.4, 0.5) is 5.69 Å². The molecule has 0 aromatic heterocycles. The molecule has 0 amide bonds. The molecule has 1 aromatic rings. The van der Waals surface area contributed by atoms with E-state index in [-0.39, 0.29) is 17.0 Å². The topological polar surface area (TPSA) is 92.5 Å². The number of carbonyl (C=O) groups is 1. The molecular formula is C16H22N2O4. The van der Waals surface area contributed by atoms with Gasteiger partial charge in [-0.2, -0.15) is 0 Å². The number of aliphatic carboxylic acids is 1. The molecule has 0 saturated heterocycles. The van der Waals surface area contributed by atoms with Crippen LogP contribution in [0.3, 0.4) is 0 Å². The minimum absolute atomic E-state index is 0.175. The fourth-order valence-electron chi connectivity index (χ4n) is 3.22. The maximum Gasteiger partial charge on any atom is 0.303 e. The molecule has 6 nitrogen and oxygen atoms in total. The minimum atomic E-state index is -0.773. The van der Waals surface area contributed by atoms with Crippen LogP contribution >= 0.6 is 0 Å². The molecule has 1 saturated carbocycles. The zero-order chi connectivity index (χ0) is 15.9. The highest BCUT2D eigenvalue weighted by atomic mass is 16.6. The van der Waals surface area contributed by atoms with E-state index >= 15 is 0 Å². The molecule has 2 rings (SSSR count). The summed E-state index contributed by atoms with van der Waals surface area (Å²) < 4.78 is 0. The summed E-state index contributed by atoms with van der Waals surface area (Å²) >= 11 is 0. The first-order valence-electron chi connectivity index (χ1n) is 7.75. The Balaban J connectivity index is 1.91. The average Bonchev–Trinajstić information content (AvgIpc) is 2.91. The van der Waals surface area contributed by atoms with Crippen LogP contribution in [0.25, 0.3) is 0 Å². The van der Waals surface area contributed by atoms with Crippen molar-refractivity contribution in [1.29, 1.82) is 0 Å². The lowest BCUT2D eigenvalue weighted by Gasteiger charge is -2.21. The predicted molar refractivity (Wildman–Crippen MR) is 82.8 cm³/mol. The number of benzene rings is 1. The number of rotatable bonds is 8. The van der Waals surface area contributed by atoms with Crippen LogP contribution in [0, 0.1) is 16.0 Å². The second kappa shape index (κ2) is 7.89. The van der Waals surface area contributed by atoms with Crippen molar-refractivity contribution in [3.8, 4) is 0 Å². The van der Waals surface area contributed by atoms with E-state index in [1.165, 1.54) is 0 Å². The van der Waals surface area contributed by atoms with Crippen LogP contribution in [0.5, 0.6) is 0 Å². The molecule has 1 fully saturated rings. The Hall–Kier alpha value is -1.95. The van der Waals surface area contributed by atoms with E-state index in [0.29, 0.717) is 31.3 Å². The lowest BCUT2D eigenvalue weighted by molar-refractivity contribution is -0.385. The lowest BCUT2D eigenvalue weighted by atomic mass is 9.93. The SMILES string of the molecule is O=C(O)CCCNC1CCCC1Cc1ccccc1[N+](=O)[O-]. The second-order valence-electron chi connectivity index (χ2n) is 5.84. The highest BCUT2D eigenvalue weighted by Crippen LogP contribution is 2.31. The van der Waals surface area contributed by atoms with Gasteiger partial charge in [0.1, 0.15) is 0 Å². The molecule has 6 heteroatoms. The van der Waals surface area contributed by atoms with E-state index < -0.39 is 5.97 Å². The van der Waals surface area contributed by atoms with Crippen LogP contribution in [-0.2, 0) is 11.2 Å². The van der Waals surface area contributed by atoms with Gasteiger partial charge in [0.25, 0.3) is 5.69 Å². The van der Waals surface area contributed by atoms with E-state index in [0.717, 1.165) is 24.8 Å². The Kier molecular flexibility index (Phi) is 5.89. The molecule has 0 radical (unpaired) electrons. The summed E-state index contributed by atoms with van der Waals surface area (Å²) in [6.45, 7) is 0.685. The first-order chi connectivity index (χ1) is 10.6. The fraction of sp³-hybridized carbons (Fsp3) is 0.562. The highest BCUT2D eigenvalue weighted by molar-refractivity contribution is 5.66. The number of carboxylic acids is 1. The summed E-state index contributed by atoms with van der Waals surface area (Å²) in [6, 6.07) is 7.25. The zero-order valence-electron chi connectivity index (χ0n) is 12.5. The van der Waals surface area contributed by atoms with Crippen LogP contribution < -0.4 is 5.32 Å². The van der Waals surface area contributed by atoms with Gasteiger partial charge in [0.2, 0.25) is 0 Å². The van der Waals surface area contributed by atoms with Crippen LogP contribution in [0.15, 0.2) is 24.3 Å². The Labute approximate surface area is 129 Å². The number of hydrogen-bond acceptors (Lipinski definition) is 4. The molecule has 22 heavy (non-hydrogen) atoms. The van der Waals surface area contributed by atoms with Gasteiger partial charge in [-0.3, -0.25) is 14.9 Å². The normalized spacial score (nSPS) is 20.9.